The normalized spacial score (nSPS) is 10.4. The number of ether oxygens (including phenoxy) is 1. The highest BCUT2D eigenvalue weighted by molar-refractivity contribution is 9.10. The lowest BCUT2D eigenvalue weighted by Gasteiger charge is -2.18. The fraction of sp³-hybridized carbons (Fsp3) is 0.250. The standard InChI is InChI=1S/C16H16BrClN2O2/c1-3-22-14-9-8-13(18)15(19-14)16(21)20(2)10-11-6-4-5-7-12(11)17/h4-9H,3,10H2,1-2H3. The van der Waals surface area contributed by atoms with Crippen molar-refractivity contribution < 1.29 is 9.53 Å². The Morgan fingerprint density at radius 1 is 1.32 bits per heavy atom. The molecule has 0 spiro atoms. The summed E-state index contributed by atoms with van der Waals surface area (Å²) in [6.45, 7) is 2.79. The Kier molecular flexibility index (Phi) is 5.80. The van der Waals surface area contributed by atoms with E-state index >= 15 is 0 Å². The summed E-state index contributed by atoms with van der Waals surface area (Å²) in [5.41, 5.74) is 1.21. The Bertz CT molecular complexity index is 679. The van der Waals surface area contributed by atoms with Gasteiger partial charge in [-0.3, -0.25) is 4.79 Å². The molecule has 2 aromatic rings. The largest absolute Gasteiger partial charge is 0.478 e. The Hall–Kier alpha value is -1.59. The number of carbonyl (C=O) groups excluding carboxylic acids is 1. The van der Waals surface area contributed by atoms with Crippen molar-refractivity contribution in [3.8, 4) is 5.88 Å². The lowest BCUT2D eigenvalue weighted by atomic mass is 10.2. The summed E-state index contributed by atoms with van der Waals surface area (Å²) >= 11 is 9.57. The Morgan fingerprint density at radius 2 is 2.05 bits per heavy atom. The van der Waals surface area contributed by atoms with Crippen molar-refractivity contribution in [1.82, 2.24) is 9.88 Å². The first-order chi connectivity index (χ1) is 10.5. The van der Waals surface area contributed by atoms with Crippen LogP contribution in [0.25, 0.3) is 0 Å². The summed E-state index contributed by atoms with van der Waals surface area (Å²) in [6, 6.07) is 11.0. The summed E-state index contributed by atoms with van der Waals surface area (Å²) in [7, 11) is 1.72. The second-order valence-electron chi connectivity index (χ2n) is 4.67. The van der Waals surface area contributed by atoms with Crippen LogP contribution in [0.3, 0.4) is 0 Å². The molecule has 1 heterocycles. The van der Waals surface area contributed by atoms with Crippen molar-refractivity contribution in [2.45, 2.75) is 13.5 Å². The van der Waals surface area contributed by atoms with Crippen molar-refractivity contribution in [1.29, 1.82) is 0 Å². The zero-order chi connectivity index (χ0) is 16.1. The number of halogens is 2. The van der Waals surface area contributed by atoms with Gasteiger partial charge in [0.05, 0.1) is 11.6 Å². The Labute approximate surface area is 143 Å². The molecule has 116 valence electrons. The summed E-state index contributed by atoms with van der Waals surface area (Å²) in [6.07, 6.45) is 0. The number of hydrogen-bond donors (Lipinski definition) is 0. The maximum atomic E-state index is 12.5. The molecule has 1 amide bonds. The summed E-state index contributed by atoms with van der Waals surface area (Å²) in [5, 5.41) is 0.312. The smallest absolute Gasteiger partial charge is 0.274 e. The maximum absolute atomic E-state index is 12.5. The third-order valence-electron chi connectivity index (χ3n) is 3.03. The molecule has 0 bridgehead atoms. The molecular formula is C16H16BrClN2O2. The highest BCUT2D eigenvalue weighted by Crippen LogP contribution is 2.22. The highest BCUT2D eigenvalue weighted by atomic mass is 79.9. The van der Waals surface area contributed by atoms with Crippen LogP contribution in [0.5, 0.6) is 5.88 Å². The minimum Gasteiger partial charge on any atom is -0.478 e. The number of pyridine rings is 1. The average molecular weight is 384 g/mol. The second kappa shape index (κ2) is 7.61. The molecule has 6 heteroatoms. The van der Waals surface area contributed by atoms with Crippen LogP contribution in [0.4, 0.5) is 0 Å². The van der Waals surface area contributed by atoms with Crippen LogP contribution in [0.1, 0.15) is 23.0 Å². The lowest BCUT2D eigenvalue weighted by molar-refractivity contribution is 0.0778. The highest BCUT2D eigenvalue weighted by Gasteiger charge is 2.18. The van der Waals surface area contributed by atoms with Crippen LogP contribution < -0.4 is 4.74 Å². The number of hydrogen-bond acceptors (Lipinski definition) is 3. The summed E-state index contributed by atoms with van der Waals surface area (Å²) < 4.78 is 6.28. The van der Waals surface area contributed by atoms with E-state index in [2.05, 4.69) is 20.9 Å². The van der Waals surface area contributed by atoms with Crippen molar-refractivity contribution >= 4 is 33.4 Å². The van der Waals surface area contributed by atoms with Gasteiger partial charge in [-0.15, -0.1) is 0 Å². The predicted octanol–water partition coefficient (Wildman–Crippen LogP) is 4.17. The van der Waals surface area contributed by atoms with Gasteiger partial charge in [0.15, 0.2) is 5.69 Å². The summed E-state index contributed by atoms with van der Waals surface area (Å²) in [4.78, 5) is 18.3. The molecule has 0 saturated heterocycles. The Morgan fingerprint density at radius 3 is 2.73 bits per heavy atom. The molecule has 0 N–H and O–H groups in total. The number of nitrogens with zero attached hydrogens (tertiary/aromatic N) is 2. The van der Waals surface area contributed by atoms with E-state index in [1.165, 1.54) is 0 Å². The van der Waals surface area contributed by atoms with E-state index in [1.807, 2.05) is 31.2 Å². The number of benzene rings is 1. The molecule has 4 nitrogen and oxygen atoms in total. The van der Waals surface area contributed by atoms with Gasteiger partial charge in [-0.1, -0.05) is 45.7 Å². The monoisotopic (exact) mass is 382 g/mol. The van der Waals surface area contributed by atoms with Gasteiger partial charge in [-0.05, 0) is 24.6 Å². The molecule has 0 aliphatic rings. The zero-order valence-corrected chi connectivity index (χ0v) is 14.7. The number of carbonyl (C=O) groups is 1. The first-order valence-electron chi connectivity index (χ1n) is 6.81. The first kappa shape index (κ1) is 16.8. The van der Waals surface area contributed by atoms with Gasteiger partial charge in [0.25, 0.3) is 5.91 Å². The molecule has 0 fully saturated rings. The van der Waals surface area contributed by atoms with Gasteiger partial charge < -0.3 is 9.64 Å². The van der Waals surface area contributed by atoms with Crippen LogP contribution in [0.15, 0.2) is 40.9 Å². The quantitative estimate of drug-likeness (QED) is 0.778. The van der Waals surface area contributed by atoms with E-state index in [-0.39, 0.29) is 11.6 Å². The molecular weight excluding hydrogens is 368 g/mol. The van der Waals surface area contributed by atoms with Crippen LogP contribution in [0, 0.1) is 0 Å². The second-order valence-corrected chi connectivity index (χ2v) is 5.93. The van der Waals surface area contributed by atoms with Crippen molar-refractivity contribution in [3.05, 3.63) is 57.2 Å². The zero-order valence-electron chi connectivity index (χ0n) is 12.3. The molecule has 1 aromatic carbocycles. The maximum Gasteiger partial charge on any atom is 0.274 e. The SMILES string of the molecule is CCOc1ccc(Cl)c(C(=O)N(C)Cc2ccccc2Br)n1. The molecule has 0 saturated carbocycles. The van der Waals surface area contributed by atoms with Crippen LogP contribution in [-0.4, -0.2) is 29.4 Å². The van der Waals surface area contributed by atoms with Gasteiger partial charge in [-0.2, -0.15) is 0 Å². The third-order valence-corrected chi connectivity index (χ3v) is 4.11. The molecule has 2 rings (SSSR count). The summed E-state index contributed by atoms with van der Waals surface area (Å²) in [5.74, 6) is 0.145. The molecule has 0 aliphatic heterocycles. The van der Waals surface area contributed by atoms with Crippen molar-refractivity contribution in [2.75, 3.05) is 13.7 Å². The fourth-order valence-corrected chi connectivity index (χ4v) is 2.53. The van der Waals surface area contributed by atoms with E-state index in [1.54, 1.807) is 24.1 Å². The fourth-order valence-electron chi connectivity index (χ4n) is 1.94. The first-order valence-corrected chi connectivity index (χ1v) is 7.98. The minimum absolute atomic E-state index is 0.196. The third kappa shape index (κ3) is 3.99. The molecule has 22 heavy (non-hydrogen) atoms. The van der Waals surface area contributed by atoms with Gasteiger partial charge in [-0.25, -0.2) is 4.98 Å². The minimum atomic E-state index is -0.248. The van der Waals surface area contributed by atoms with Gasteiger partial charge >= 0.3 is 0 Å². The molecule has 0 unspecified atom stereocenters. The van der Waals surface area contributed by atoms with E-state index < -0.39 is 0 Å². The Balaban J connectivity index is 2.20. The van der Waals surface area contributed by atoms with Crippen LogP contribution in [0.2, 0.25) is 5.02 Å². The van der Waals surface area contributed by atoms with Crippen molar-refractivity contribution in [3.63, 3.8) is 0 Å². The van der Waals surface area contributed by atoms with E-state index in [4.69, 9.17) is 16.3 Å². The van der Waals surface area contributed by atoms with Crippen LogP contribution in [-0.2, 0) is 6.54 Å². The van der Waals surface area contributed by atoms with Gasteiger partial charge in [0.2, 0.25) is 5.88 Å². The molecule has 1 aromatic heterocycles. The predicted molar refractivity (Wildman–Crippen MR) is 90.4 cm³/mol. The molecule has 0 atom stereocenters. The number of aromatic nitrogens is 1. The lowest BCUT2D eigenvalue weighted by Crippen LogP contribution is -2.27. The van der Waals surface area contributed by atoms with Crippen molar-refractivity contribution in [2.24, 2.45) is 0 Å². The molecule has 0 radical (unpaired) electrons. The van der Waals surface area contributed by atoms with Gasteiger partial charge in [0.1, 0.15) is 0 Å². The number of amides is 1. The van der Waals surface area contributed by atoms with E-state index in [0.717, 1.165) is 10.0 Å². The number of rotatable bonds is 5. The average Bonchev–Trinajstić information content (AvgIpc) is 2.51. The van der Waals surface area contributed by atoms with Crippen LogP contribution >= 0.6 is 27.5 Å². The van der Waals surface area contributed by atoms with E-state index in [0.29, 0.717) is 24.1 Å². The van der Waals surface area contributed by atoms with E-state index in [9.17, 15) is 4.79 Å². The molecule has 0 aliphatic carbocycles. The van der Waals surface area contributed by atoms with Gasteiger partial charge in [0, 0.05) is 24.1 Å². The topological polar surface area (TPSA) is 42.4 Å².